The van der Waals surface area contributed by atoms with Gasteiger partial charge < -0.3 is 4.57 Å². The lowest BCUT2D eigenvalue weighted by Gasteiger charge is -2.15. The van der Waals surface area contributed by atoms with E-state index < -0.39 is 0 Å². The number of rotatable bonds is 5. The number of hydrogen-bond acceptors (Lipinski definition) is 2. The van der Waals surface area contributed by atoms with Gasteiger partial charge in [-0.1, -0.05) is 44.2 Å². The first kappa shape index (κ1) is 13.0. The smallest absolute Gasteiger partial charge is 0.195 e. The number of aromatic nitrogens is 3. The van der Waals surface area contributed by atoms with Crippen molar-refractivity contribution < 1.29 is 0 Å². The molecule has 0 aliphatic heterocycles. The Morgan fingerprint density at radius 2 is 2.00 bits per heavy atom. The molecule has 1 N–H and O–H groups in total. The van der Waals surface area contributed by atoms with Crippen LogP contribution in [0.3, 0.4) is 0 Å². The molecule has 1 heterocycles. The zero-order valence-corrected chi connectivity index (χ0v) is 11.7. The summed E-state index contributed by atoms with van der Waals surface area (Å²) in [4.78, 5) is 0. The van der Waals surface area contributed by atoms with Crippen molar-refractivity contribution in [1.82, 2.24) is 14.8 Å². The summed E-state index contributed by atoms with van der Waals surface area (Å²) in [6, 6.07) is 10.5. The first-order chi connectivity index (χ1) is 8.77. The van der Waals surface area contributed by atoms with Gasteiger partial charge in [0, 0.05) is 12.5 Å². The van der Waals surface area contributed by atoms with Crippen molar-refractivity contribution in [3.8, 4) is 0 Å². The van der Waals surface area contributed by atoms with Crippen LogP contribution in [0.25, 0.3) is 0 Å². The molecule has 0 spiro atoms. The van der Waals surface area contributed by atoms with E-state index in [4.69, 9.17) is 12.2 Å². The Hall–Kier alpha value is -1.42. The van der Waals surface area contributed by atoms with Gasteiger partial charge in [-0.2, -0.15) is 5.10 Å². The van der Waals surface area contributed by atoms with Gasteiger partial charge in [-0.05, 0) is 30.6 Å². The van der Waals surface area contributed by atoms with Crippen LogP contribution in [0.15, 0.2) is 30.3 Å². The van der Waals surface area contributed by atoms with Gasteiger partial charge in [-0.15, -0.1) is 0 Å². The summed E-state index contributed by atoms with van der Waals surface area (Å²) in [5, 5.41) is 7.35. The lowest BCUT2D eigenvalue weighted by molar-refractivity contribution is 0.592. The minimum Gasteiger partial charge on any atom is -0.304 e. The van der Waals surface area contributed by atoms with Crippen LogP contribution in [0.2, 0.25) is 0 Å². The lowest BCUT2D eigenvalue weighted by atomic mass is 9.95. The van der Waals surface area contributed by atoms with Crippen LogP contribution in [0.5, 0.6) is 0 Å². The van der Waals surface area contributed by atoms with E-state index in [1.807, 2.05) is 6.07 Å². The van der Waals surface area contributed by atoms with Crippen molar-refractivity contribution in [3.05, 3.63) is 46.5 Å². The van der Waals surface area contributed by atoms with Crippen molar-refractivity contribution in [2.24, 2.45) is 0 Å². The number of H-pyrrole nitrogens is 1. The molecule has 0 amide bonds. The lowest BCUT2D eigenvalue weighted by Crippen LogP contribution is -2.10. The monoisotopic (exact) mass is 261 g/mol. The summed E-state index contributed by atoms with van der Waals surface area (Å²) in [5.74, 6) is 1.36. The molecule has 0 radical (unpaired) electrons. The van der Waals surface area contributed by atoms with Gasteiger partial charge in [0.25, 0.3) is 0 Å². The molecule has 2 aromatic rings. The highest BCUT2D eigenvalue weighted by molar-refractivity contribution is 7.71. The molecule has 4 heteroatoms. The van der Waals surface area contributed by atoms with Gasteiger partial charge in [0.05, 0.1) is 0 Å². The molecule has 1 atom stereocenters. The number of hydrogen-bond donors (Lipinski definition) is 1. The van der Waals surface area contributed by atoms with Gasteiger partial charge in [-0.25, -0.2) is 0 Å². The molecule has 1 unspecified atom stereocenters. The fourth-order valence-corrected chi connectivity index (χ4v) is 2.52. The maximum absolute atomic E-state index is 5.30. The molecular formula is C14H19N3S. The van der Waals surface area contributed by atoms with Crippen LogP contribution >= 0.6 is 12.2 Å². The normalized spacial score (nSPS) is 12.6. The minimum atomic E-state index is 0.311. The van der Waals surface area contributed by atoms with Gasteiger partial charge in [-0.3, -0.25) is 5.10 Å². The Bertz CT molecular complexity index is 542. The van der Waals surface area contributed by atoms with Crippen LogP contribution in [0.1, 0.15) is 44.0 Å². The number of aromatic amines is 1. The summed E-state index contributed by atoms with van der Waals surface area (Å²) in [5.41, 5.74) is 1.30. The Balaban J connectivity index is 2.42. The van der Waals surface area contributed by atoms with E-state index in [9.17, 15) is 0 Å². The third-order valence-corrected chi connectivity index (χ3v) is 3.47. The maximum atomic E-state index is 5.30. The molecular weight excluding hydrogens is 242 g/mol. The molecule has 18 heavy (non-hydrogen) atoms. The molecule has 0 saturated heterocycles. The third kappa shape index (κ3) is 2.53. The maximum Gasteiger partial charge on any atom is 0.195 e. The largest absolute Gasteiger partial charge is 0.304 e. The summed E-state index contributed by atoms with van der Waals surface area (Å²) < 4.78 is 2.84. The number of nitrogens with one attached hydrogen (secondary N) is 1. The van der Waals surface area contributed by atoms with E-state index in [1.54, 1.807) is 0 Å². The second kappa shape index (κ2) is 5.96. The molecule has 3 nitrogen and oxygen atoms in total. The first-order valence-electron chi connectivity index (χ1n) is 6.48. The zero-order chi connectivity index (χ0) is 13.0. The van der Waals surface area contributed by atoms with Gasteiger partial charge in [0.1, 0.15) is 5.82 Å². The fraction of sp³-hybridized carbons (Fsp3) is 0.429. The van der Waals surface area contributed by atoms with E-state index >= 15 is 0 Å². The van der Waals surface area contributed by atoms with Crippen LogP contribution in [0, 0.1) is 4.77 Å². The molecule has 96 valence electrons. The molecule has 2 rings (SSSR count). The van der Waals surface area contributed by atoms with Crippen LogP contribution in [-0.2, 0) is 6.54 Å². The standard InChI is InChI=1S/C14H19N3S/c1-3-10-17-13(15-16-14(17)18)12(4-2)11-8-6-5-7-9-11/h5-9,12H,3-4,10H2,1-2H3,(H,16,18). The molecule has 0 saturated carbocycles. The van der Waals surface area contributed by atoms with Gasteiger partial charge in [0.2, 0.25) is 0 Å². The topological polar surface area (TPSA) is 33.6 Å². The summed E-state index contributed by atoms with van der Waals surface area (Å²) in [7, 11) is 0. The van der Waals surface area contributed by atoms with E-state index in [0.29, 0.717) is 5.92 Å². The SMILES string of the molecule is CCCn1c(C(CC)c2ccccc2)n[nH]c1=S. The predicted octanol–water partition coefficient (Wildman–Crippen LogP) is 3.89. The highest BCUT2D eigenvalue weighted by Gasteiger charge is 2.18. The van der Waals surface area contributed by atoms with Crippen molar-refractivity contribution >= 4 is 12.2 Å². The molecule has 0 fully saturated rings. The first-order valence-corrected chi connectivity index (χ1v) is 6.88. The molecule has 0 aliphatic rings. The van der Waals surface area contributed by atoms with Gasteiger partial charge >= 0.3 is 0 Å². The zero-order valence-electron chi connectivity index (χ0n) is 10.9. The fourth-order valence-electron chi connectivity index (χ4n) is 2.29. The number of benzene rings is 1. The Morgan fingerprint density at radius 1 is 1.28 bits per heavy atom. The second-order valence-electron chi connectivity index (χ2n) is 4.41. The summed E-state index contributed by atoms with van der Waals surface area (Å²) in [6.07, 6.45) is 2.08. The minimum absolute atomic E-state index is 0.311. The summed E-state index contributed by atoms with van der Waals surface area (Å²) >= 11 is 5.30. The Labute approximate surface area is 113 Å². The number of nitrogens with zero attached hydrogens (tertiary/aromatic N) is 2. The summed E-state index contributed by atoms with van der Waals surface area (Å²) in [6.45, 7) is 5.27. The second-order valence-corrected chi connectivity index (χ2v) is 4.80. The van der Waals surface area contributed by atoms with E-state index in [-0.39, 0.29) is 0 Å². The van der Waals surface area contributed by atoms with Crippen molar-refractivity contribution in [3.63, 3.8) is 0 Å². The Kier molecular flexibility index (Phi) is 4.31. The molecule has 1 aromatic heterocycles. The van der Waals surface area contributed by atoms with Crippen LogP contribution < -0.4 is 0 Å². The average molecular weight is 261 g/mol. The van der Waals surface area contributed by atoms with Gasteiger partial charge in [0.15, 0.2) is 4.77 Å². The van der Waals surface area contributed by atoms with E-state index in [2.05, 4.69) is 52.9 Å². The van der Waals surface area contributed by atoms with Crippen molar-refractivity contribution in [1.29, 1.82) is 0 Å². The van der Waals surface area contributed by atoms with Crippen molar-refractivity contribution in [2.75, 3.05) is 0 Å². The van der Waals surface area contributed by atoms with E-state index in [1.165, 1.54) is 5.56 Å². The average Bonchev–Trinajstić information content (AvgIpc) is 2.75. The molecule has 0 bridgehead atoms. The van der Waals surface area contributed by atoms with Crippen LogP contribution in [-0.4, -0.2) is 14.8 Å². The third-order valence-electron chi connectivity index (χ3n) is 3.16. The highest BCUT2D eigenvalue weighted by Crippen LogP contribution is 2.26. The quantitative estimate of drug-likeness (QED) is 0.828. The molecule has 1 aromatic carbocycles. The Morgan fingerprint density at radius 3 is 2.61 bits per heavy atom. The highest BCUT2D eigenvalue weighted by atomic mass is 32.1. The van der Waals surface area contributed by atoms with Crippen molar-refractivity contribution in [2.45, 2.75) is 39.2 Å². The molecule has 0 aliphatic carbocycles. The predicted molar refractivity (Wildman–Crippen MR) is 76.3 cm³/mol. The van der Waals surface area contributed by atoms with E-state index in [0.717, 1.165) is 30.0 Å². The van der Waals surface area contributed by atoms with Crippen LogP contribution in [0.4, 0.5) is 0 Å².